The summed E-state index contributed by atoms with van der Waals surface area (Å²) in [6, 6.07) is 20.3. The van der Waals surface area contributed by atoms with Gasteiger partial charge in [-0.2, -0.15) is 0 Å². The first-order valence-corrected chi connectivity index (χ1v) is 12.6. The number of allylic oxidation sites excluding steroid dienone is 2. The third-order valence-electron chi connectivity index (χ3n) is 6.43. The zero-order chi connectivity index (χ0) is 18.1. The van der Waals surface area contributed by atoms with Crippen LogP contribution in [0, 0.1) is 11.3 Å². The molecular formula is C24H34Si. The number of benzene rings is 2. The molecule has 1 saturated heterocycles. The third-order valence-corrected chi connectivity index (χ3v) is 11.5. The molecule has 0 bridgehead atoms. The molecule has 0 spiro atoms. The summed E-state index contributed by atoms with van der Waals surface area (Å²) in [6.07, 6.45) is 5.36. The second-order valence-electron chi connectivity index (χ2n) is 9.43. The second kappa shape index (κ2) is 7.11. The highest BCUT2D eigenvalue weighted by atomic mass is 28.3. The van der Waals surface area contributed by atoms with Crippen molar-refractivity contribution in [3.8, 4) is 0 Å². The van der Waals surface area contributed by atoms with E-state index in [0.717, 1.165) is 5.92 Å². The molecular weight excluding hydrogens is 316 g/mol. The van der Waals surface area contributed by atoms with Crippen LogP contribution in [0.25, 0.3) is 10.8 Å². The zero-order valence-electron chi connectivity index (χ0n) is 16.7. The van der Waals surface area contributed by atoms with Crippen LogP contribution in [-0.2, 0) is 0 Å². The highest BCUT2D eigenvalue weighted by Gasteiger charge is 2.41. The molecule has 0 atom stereocenters. The van der Waals surface area contributed by atoms with Crippen LogP contribution >= 0.6 is 0 Å². The summed E-state index contributed by atoms with van der Waals surface area (Å²) in [5, 5.41) is 4.66. The van der Waals surface area contributed by atoms with Gasteiger partial charge >= 0.3 is 0 Å². The van der Waals surface area contributed by atoms with Gasteiger partial charge in [0.25, 0.3) is 0 Å². The fourth-order valence-corrected chi connectivity index (χ4v) is 9.97. The van der Waals surface area contributed by atoms with Gasteiger partial charge in [0.05, 0.1) is 8.07 Å². The number of fused-ring (bicyclic) bond motifs is 1. The van der Waals surface area contributed by atoms with Crippen LogP contribution in [0.15, 0.2) is 54.1 Å². The summed E-state index contributed by atoms with van der Waals surface area (Å²) in [7, 11) is -1.48. The number of hydrogen-bond acceptors (Lipinski definition) is 0. The van der Waals surface area contributed by atoms with E-state index in [0.29, 0.717) is 5.41 Å². The Morgan fingerprint density at radius 1 is 1.00 bits per heavy atom. The van der Waals surface area contributed by atoms with Gasteiger partial charge in [-0.15, -0.1) is 0 Å². The Labute approximate surface area is 155 Å². The van der Waals surface area contributed by atoms with E-state index in [-0.39, 0.29) is 0 Å². The Bertz CT molecular complexity index is 746. The normalized spacial score (nSPS) is 24.3. The molecule has 2 aromatic rings. The van der Waals surface area contributed by atoms with E-state index >= 15 is 0 Å². The van der Waals surface area contributed by atoms with Crippen molar-refractivity contribution in [3.05, 3.63) is 54.1 Å². The molecule has 0 N–H and O–H groups in total. The van der Waals surface area contributed by atoms with Gasteiger partial charge in [0.15, 0.2) is 0 Å². The Balaban J connectivity index is 2.02. The predicted molar refractivity (Wildman–Crippen MR) is 115 cm³/mol. The fraction of sp³-hybridized carbons (Fsp3) is 0.500. The average Bonchev–Trinajstić information content (AvgIpc) is 2.59. The lowest BCUT2D eigenvalue weighted by Crippen LogP contribution is -2.51. The second-order valence-corrected chi connectivity index (χ2v) is 13.9. The summed E-state index contributed by atoms with van der Waals surface area (Å²) < 4.78 is 0. The fourth-order valence-electron chi connectivity index (χ4n) is 4.71. The maximum Gasteiger partial charge on any atom is 0.0912 e. The Morgan fingerprint density at radius 2 is 1.64 bits per heavy atom. The van der Waals surface area contributed by atoms with Crippen molar-refractivity contribution in [3.63, 3.8) is 0 Å². The van der Waals surface area contributed by atoms with Crippen molar-refractivity contribution in [1.29, 1.82) is 0 Å². The van der Waals surface area contributed by atoms with Gasteiger partial charge in [-0.05, 0) is 42.0 Å². The highest BCUT2D eigenvalue weighted by molar-refractivity contribution is 6.93. The van der Waals surface area contributed by atoms with Crippen LogP contribution in [0.4, 0.5) is 0 Å². The molecule has 0 saturated carbocycles. The minimum Gasteiger partial charge on any atom is -0.0882 e. The molecule has 1 heteroatoms. The van der Waals surface area contributed by atoms with E-state index in [1.165, 1.54) is 47.3 Å². The topological polar surface area (TPSA) is 0 Å². The minimum atomic E-state index is -1.48. The Kier molecular flexibility index (Phi) is 5.25. The van der Waals surface area contributed by atoms with Crippen molar-refractivity contribution < 1.29 is 0 Å². The summed E-state index contributed by atoms with van der Waals surface area (Å²) >= 11 is 0. The summed E-state index contributed by atoms with van der Waals surface area (Å²) in [5.74, 6) is 0.884. The van der Waals surface area contributed by atoms with Gasteiger partial charge in [0, 0.05) is 0 Å². The molecule has 1 aliphatic heterocycles. The van der Waals surface area contributed by atoms with Crippen molar-refractivity contribution in [1.82, 2.24) is 0 Å². The van der Waals surface area contributed by atoms with Crippen LogP contribution in [0.2, 0.25) is 18.1 Å². The molecule has 1 fully saturated rings. The molecule has 0 unspecified atom stereocenters. The maximum atomic E-state index is 2.53. The first-order valence-electron chi connectivity index (χ1n) is 9.93. The maximum absolute atomic E-state index is 2.53. The Morgan fingerprint density at radius 3 is 2.28 bits per heavy atom. The van der Waals surface area contributed by atoms with Crippen molar-refractivity contribution in [2.24, 2.45) is 11.3 Å². The van der Waals surface area contributed by atoms with Crippen molar-refractivity contribution >= 4 is 24.0 Å². The SMILES string of the molecule is CC(C)=CC[Si]1(c2cccc3ccccc23)CCC(C(C)(C)C)CC1. The summed E-state index contributed by atoms with van der Waals surface area (Å²) in [5.41, 5.74) is 1.93. The lowest BCUT2D eigenvalue weighted by Gasteiger charge is -2.43. The molecule has 1 aliphatic rings. The van der Waals surface area contributed by atoms with Gasteiger partial charge < -0.3 is 0 Å². The Hall–Kier alpha value is -1.34. The zero-order valence-corrected chi connectivity index (χ0v) is 17.7. The summed E-state index contributed by atoms with van der Waals surface area (Å²) in [4.78, 5) is 0. The van der Waals surface area contributed by atoms with Gasteiger partial charge in [0.1, 0.15) is 0 Å². The van der Waals surface area contributed by atoms with E-state index in [4.69, 9.17) is 0 Å². The van der Waals surface area contributed by atoms with Gasteiger partial charge in [-0.1, -0.05) is 105 Å². The van der Waals surface area contributed by atoms with Gasteiger partial charge in [-0.25, -0.2) is 0 Å². The lowest BCUT2D eigenvalue weighted by atomic mass is 9.77. The molecule has 0 amide bonds. The number of rotatable bonds is 3. The first kappa shape index (κ1) is 18.4. The third kappa shape index (κ3) is 3.92. The molecule has 2 aromatic carbocycles. The molecule has 0 nitrogen and oxygen atoms in total. The molecule has 0 aromatic heterocycles. The van der Waals surface area contributed by atoms with E-state index in [1.54, 1.807) is 5.19 Å². The van der Waals surface area contributed by atoms with Gasteiger partial charge in [-0.3, -0.25) is 0 Å². The molecule has 0 radical (unpaired) electrons. The van der Waals surface area contributed by atoms with Crippen molar-refractivity contribution in [2.75, 3.05) is 0 Å². The molecule has 25 heavy (non-hydrogen) atoms. The predicted octanol–water partition coefficient (Wildman–Crippen LogP) is 6.92. The van der Waals surface area contributed by atoms with E-state index in [1.807, 2.05) is 0 Å². The molecule has 1 heterocycles. The largest absolute Gasteiger partial charge is 0.0912 e. The van der Waals surface area contributed by atoms with E-state index < -0.39 is 8.07 Å². The smallest absolute Gasteiger partial charge is 0.0882 e. The van der Waals surface area contributed by atoms with Gasteiger partial charge in [0.2, 0.25) is 0 Å². The van der Waals surface area contributed by atoms with Crippen LogP contribution in [0.5, 0.6) is 0 Å². The molecule has 3 rings (SSSR count). The van der Waals surface area contributed by atoms with E-state index in [9.17, 15) is 0 Å². The van der Waals surface area contributed by atoms with Crippen LogP contribution < -0.4 is 5.19 Å². The average molecular weight is 351 g/mol. The number of hydrogen-bond donors (Lipinski definition) is 0. The monoisotopic (exact) mass is 350 g/mol. The van der Waals surface area contributed by atoms with Crippen LogP contribution in [-0.4, -0.2) is 8.07 Å². The van der Waals surface area contributed by atoms with Crippen molar-refractivity contribution in [2.45, 2.75) is 65.6 Å². The quantitative estimate of drug-likeness (QED) is 0.416. The summed E-state index contributed by atoms with van der Waals surface area (Å²) in [6.45, 7) is 11.8. The highest BCUT2D eigenvalue weighted by Crippen LogP contribution is 2.43. The minimum absolute atomic E-state index is 0.454. The molecule has 134 valence electrons. The lowest BCUT2D eigenvalue weighted by molar-refractivity contribution is 0.218. The van der Waals surface area contributed by atoms with Crippen LogP contribution in [0.3, 0.4) is 0 Å². The van der Waals surface area contributed by atoms with E-state index in [2.05, 4.69) is 83.2 Å². The molecule has 0 aliphatic carbocycles. The van der Waals surface area contributed by atoms with Crippen LogP contribution in [0.1, 0.15) is 47.5 Å². The first-order chi connectivity index (χ1) is 11.8. The standard InChI is InChI=1S/C24H34Si/c1-19(2)13-16-25(17-14-21(15-18-25)24(3,4)5)23-12-8-10-20-9-6-7-11-22(20)23/h6-13,21H,14-18H2,1-5H3.